The number of carboxylic acid groups (broad SMARTS) is 1. The first-order valence-corrected chi connectivity index (χ1v) is 5.70. The van der Waals surface area contributed by atoms with Gasteiger partial charge in [-0.1, -0.05) is 6.07 Å². The smallest absolute Gasteiger partial charge is 0.419 e. The van der Waals surface area contributed by atoms with E-state index in [2.05, 4.69) is 17.5 Å². The average molecular weight is 324 g/mol. The molecule has 0 fully saturated rings. The van der Waals surface area contributed by atoms with E-state index in [1.165, 1.54) is 0 Å². The van der Waals surface area contributed by atoms with Crippen molar-refractivity contribution in [2.24, 2.45) is 0 Å². The number of hydrogen-bond donors (Lipinski definition) is 3. The summed E-state index contributed by atoms with van der Waals surface area (Å²) in [4.78, 5) is 21.3. The van der Waals surface area contributed by atoms with Crippen molar-refractivity contribution in [3.63, 3.8) is 0 Å². The number of amides is 1. The van der Waals surface area contributed by atoms with Gasteiger partial charge in [0.2, 0.25) is 5.91 Å². The fourth-order valence-electron chi connectivity index (χ4n) is 1.31. The largest absolute Gasteiger partial charge is 0.481 e. The Morgan fingerprint density at radius 1 is 1.29 bits per heavy atom. The molecule has 1 aromatic rings. The van der Waals surface area contributed by atoms with Gasteiger partial charge >= 0.3 is 12.1 Å². The summed E-state index contributed by atoms with van der Waals surface area (Å²) < 4.78 is 51.1. The maximum absolute atomic E-state index is 13.6. The molecule has 0 saturated carbocycles. The van der Waals surface area contributed by atoms with Gasteiger partial charge in [0.1, 0.15) is 6.42 Å². The van der Waals surface area contributed by atoms with Crippen LogP contribution in [0.1, 0.15) is 12.0 Å². The molecule has 5 nitrogen and oxygen atoms in total. The van der Waals surface area contributed by atoms with Crippen LogP contribution in [-0.2, 0) is 15.8 Å². The second-order valence-corrected chi connectivity index (χ2v) is 4.15. The topological polar surface area (TPSA) is 78.4 Å². The number of rotatable bonds is 3. The lowest BCUT2D eigenvalue weighted by Crippen LogP contribution is -2.35. The van der Waals surface area contributed by atoms with E-state index >= 15 is 0 Å². The summed E-state index contributed by atoms with van der Waals surface area (Å²) in [6.07, 6.45) is -5.76. The Hall–Kier alpha value is -2.23. The van der Waals surface area contributed by atoms with Crippen LogP contribution in [-0.4, -0.2) is 22.1 Å². The zero-order valence-electron chi connectivity index (χ0n) is 10.1. The van der Waals surface area contributed by atoms with Crippen molar-refractivity contribution in [2.45, 2.75) is 12.6 Å². The number of carbonyl (C=O) groups is 2. The third-order valence-electron chi connectivity index (χ3n) is 2.12. The molecule has 0 saturated heterocycles. The maximum atomic E-state index is 13.6. The predicted octanol–water partition coefficient (Wildman–Crippen LogP) is 2.13. The number of halogens is 4. The Bertz CT molecular complexity index is 589. The van der Waals surface area contributed by atoms with Gasteiger partial charge in [-0.3, -0.25) is 9.59 Å². The number of carbonyl (C=O) groups excluding carboxylic acids is 1. The van der Waals surface area contributed by atoms with Gasteiger partial charge in [-0.25, -0.2) is 4.39 Å². The van der Waals surface area contributed by atoms with Crippen LogP contribution >= 0.6 is 12.2 Å². The molecule has 0 atom stereocenters. The summed E-state index contributed by atoms with van der Waals surface area (Å²) in [6.45, 7) is 0. The molecule has 0 spiro atoms. The zero-order chi connectivity index (χ0) is 16.2. The SMILES string of the molecule is O=C(O)CC(=O)NC(=S)Nc1cccc(C(F)(F)F)c1F. The molecule has 3 N–H and O–H groups in total. The van der Waals surface area contributed by atoms with Crippen LogP contribution in [0.25, 0.3) is 0 Å². The van der Waals surface area contributed by atoms with Gasteiger partial charge in [-0.15, -0.1) is 0 Å². The summed E-state index contributed by atoms with van der Waals surface area (Å²) in [6, 6.07) is 2.49. The maximum Gasteiger partial charge on any atom is 0.419 e. The van der Waals surface area contributed by atoms with Crippen molar-refractivity contribution in [3.8, 4) is 0 Å². The lowest BCUT2D eigenvalue weighted by molar-refractivity contribution is -0.141. The predicted molar refractivity (Wildman–Crippen MR) is 68.0 cm³/mol. The first kappa shape index (κ1) is 16.8. The summed E-state index contributed by atoms with van der Waals surface area (Å²) >= 11 is 4.58. The van der Waals surface area contributed by atoms with Gasteiger partial charge in [-0.2, -0.15) is 13.2 Å². The number of carboxylic acids is 1. The van der Waals surface area contributed by atoms with Crippen LogP contribution in [0, 0.1) is 5.82 Å². The third-order valence-corrected chi connectivity index (χ3v) is 2.32. The highest BCUT2D eigenvalue weighted by molar-refractivity contribution is 7.80. The molecule has 0 unspecified atom stereocenters. The minimum atomic E-state index is -4.88. The van der Waals surface area contributed by atoms with Gasteiger partial charge in [-0.05, 0) is 24.4 Å². The quantitative estimate of drug-likeness (QED) is 0.451. The highest BCUT2D eigenvalue weighted by atomic mass is 32.1. The van der Waals surface area contributed by atoms with E-state index in [0.29, 0.717) is 6.07 Å². The Kier molecular flexibility index (Phi) is 5.19. The standard InChI is InChI=1S/C11H8F4N2O3S/c12-9-5(11(13,14)15)2-1-3-6(9)16-10(21)17-7(18)4-8(19)20/h1-3H,4H2,(H,19,20)(H2,16,17,18,21). The molecule has 114 valence electrons. The lowest BCUT2D eigenvalue weighted by Gasteiger charge is -2.13. The minimum absolute atomic E-state index is 0.514. The molecule has 10 heteroatoms. The van der Waals surface area contributed by atoms with E-state index in [1.807, 2.05) is 5.32 Å². The van der Waals surface area contributed by atoms with Gasteiger partial charge in [0.05, 0.1) is 11.3 Å². The summed E-state index contributed by atoms with van der Waals surface area (Å²) in [7, 11) is 0. The van der Waals surface area contributed by atoms with Crippen LogP contribution < -0.4 is 10.6 Å². The molecule has 1 amide bonds. The van der Waals surface area contributed by atoms with Crippen molar-refractivity contribution in [1.82, 2.24) is 5.32 Å². The number of aliphatic carboxylic acids is 1. The second-order valence-electron chi connectivity index (χ2n) is 3.74. The first-order chi connectivity index (χ1) is 9.61. The van der Waals surface area contributed by atoms with Gasteiger partial charge in [0.15, 0.2) is 10.9 Å². The summed E-state index contributed by atoms with van der Waals surface area (Å²) in [5.74, 6) is -3.99. The number of hydrogen-bond acceptors (Lipinski definition) is 3. The number of nitrogens with one attached hydrogen (secondary N) is 2. The minimum Gasteiger partial charge on any atom is -0.481 e. The number of anilines is 1. The molecule has 0 aliphatic heterocycles. The van der Waals surface area contributed by atoms with Crippen LogP contribution in [0.15, 0.2) is 18.2 Å². The van der Waals surface area contributed by atoms with Crippen LogP contribution in [0.5, 0.6) is 0 Å². The molecule has 0 heterocycles. The summed E-state index contributed by atoms with van der Waals surface area (Å²) in [5.41, 5.74) is -2.09. The molecule has 1 aromatic carbocycles. The second kappa shape index (κ2) is 6.48. The fraction of sp³-hybridized carbons (Fsp3) is 0.182. The van der Waals surface area contributed by atoms with Crippen LogP contribution in [0.2, 0.25) is 0 Å². The molecule has 21 heavy (non-hydrogen) atoms. The van der Waals surface area contributed by atoms with E-state index in [9.17, 15) is 27.2 Å². The monoisotopic (exact) mass is 324 g/mol. The lowest BCUT2D eigenvalue weighted by atomic mass is 10.2. The van der Waals surface area contributed by atoms with Crippen molar-refractivity contribution < 1.29 is 32.3 Å². The molecular formula is C11H8F4N2O3S. The van der Waals surface area contributed by atoms with Gasteiger partial charge < -0.3 is 15.7 Å². The Morgan fingerprint density at radius 3 is 2.43 bits per heavy atom. The van der Waals surface area contributed by atoms with Gasteiger partial charge in [0, 0.05) is 0 Å². The molecule has 0 radical (unpaired) electrons. The molecule has 1 rings (SSSR count). The van der Waals surface area contributed by atoms with Crippen molar-refractivity contribution in [1.29, 1.82) is 0 Å². The molecule has 0 aliphatic carbocycles. The average Bonchev–Trinajstić information content (AvgIpc) is 2.28. The van der Waals surface area contributed by atoms with E-state index in [-0.39, 0.29) is 0 Å². The molecule has 0 aliphatic rings. The highest BCUT2D eigenvalue weighted by Gasteiger charge is 2.34. The van der Waals surface area contributed by atoms with E-state index in [4.69, 9.17) is 5.11 Å². The first-order valence-electron chi connectivity index (χ1n) is 5.29. The molecule has 0 bridgehead atoms. The molecular weight excluding hydrogens is 316 g/mol. The Morgan fingerprint density at radius 2 is 1.90 bits per heavy atom. The van der Waals surface area contributed by atoms with E-state index < -0.39 is 46.7 Å². The summed E-state index contributed by atoms with van der Waals surface area (Å²) in [5, 5.41) is 11.8. The van der Waals surface area contributed by atoms with Crippen LogP contribution in [0.3, 0.4) is 0 Å². The fourth-order valence-corrected chi connectivity index (χ4v) is 1.53. The Balaban J connectivity index is 2.82. The third kappa shape index (κ3) is 4.99. The molecule has 0 aromatic heterocycles. The van der Waals surface area contributed by atoms with Crippen molar-refractivity contribution in [2.75, 3.05) is 5.32 Å². The number of alkyl halides is 3. The number of thiocarbonyl (C=S) groups is 1. The normalized spacial score (nSPS) is 10.9. The zero-order valence-corrected chi connectivity index (χ0v) is 10.9. The number of benzene rings is 1. The van der Waals surface area contributed by atoms with Crippen molar-refractivity contribution in [3.05, 3.63) is 29.6 Å². The van der Waals surface area contributed by atoms with E-state index in [0.717, 1.165) is 12.1 Å². The van der Waals surface area contributed by atoms with Crippen LogP contribution in [0.4, 0.5) is 23.2 Å². The highest BCUT2D eigenvalue weighted by Crippen LogP contribution is 2.33. The Labute approximate surface area is 120 Å². The van der Waals surface area contributed by atoms with Crippen molar-refractivity contribution >= 4 is 34.9 Å². The van der Waals surface area contributed by atoms with Gasteiger partial charge in [0.25, 0.3) is 0 Å². The van der Waals surface area contributed by atoms with E-state index in [1.54, 1.807) is 0 Å².